The number of pyridine rings is 1. The maximum Gasteiger partial charge on any atom is 0.251 e. The number of carbonyl (C=O) groups excluding carboxylic acids is 2. The van der Waals surface area contributed by atoms with E-state index in [4.69, 9.17) is 11.6 Å². The molecule has 0 unspecified atom stereocenters. The van der Waals surface area contributed by atoms with Gasteiger partial charge in [0.15, 0.2) is 5.78 Å². The van der Waals surface area contributed by atoms with Gasteiger partial charge in [-0.15, -0.1) is 0 Å². The fraction of sp³-hybridized carbons (Fsp3) is 0.381. The number of nitrogens with one attached hydrogen (secondary N) is 2. The van der Waals surface area contributed by atoms with Gasteiger partial charge >= 0.3 is 0 Å². The summed E-state index contributed by atoms with van der Waals surface area (Å²) >= 11 is 6.16. The molecule has 1 heterocycles. The van der Waals surface area contributed by atoms with E-state index in [1.165, 1.54) is 0 Å². The van der Waals surface area contributed by atoms with Crippen molar-refractivity contribution >= 4 is 29.0 Å². The number of carbonyl (C=O) groups is 2. The average Bonchev–Trinajstić information content (AvgIpc) is 2.56. The first kappa shape index (κ1) is 20.9. The van der Waals surface area contributed by atoms with Crippen LogP contribution in [0.15, 0.2) is 23.0 Å². The van der Waals surface area contributed by atoms with Crippen molar-refractivity contribution < 1.29 is 9.59 Å². The molecule has 2 rings (SSSR count). The topological polar surface area (TPSA) is 79.0 Å². The highest BCUT2D eigenvalue weighted by Gasteiger charge is 2.17. The second-order valence-corrected chi connectivity index (χ2v) is 7.57. The van der Waals surface area contributed by atoms with Crippen molar-refractivity contribution in [2.75, 3.05) is 5.32 Å². The van der Waals surface area contributed by atoms with Crippen LogP contribution in [0.2, 0.25) is 5.02 Å². The largest absolute Gasteiger partial charge is 0.326 e. The van der Waals surface area contributed by atoms with Gasteiger partial charge in [-0.1, -0.05) is 25.4 Å². The Kier molecular flexibility index (Phi) is 6.60. The molecule has 5 nitrogen and oxygen atoms in total. The van der Waals surface area contributed by atoms with E-state index >= 15 is 0 Å². The second kappa shape index (κ2) is 8.53. The zero-order valence-corrected chi connectivity index (χ0v) is 17.1. The molecule has 0 radical (unpaired) electrons. The Balaban J connectivity index is 2.25. The van der Waals surface area contributed by atoms with Crippen LogP contribution in [0.5, 0.6) is 0 Å². The minimum absolute atomic E-state index is 0.116. The molecule has 0 fully saturated rings. The van der Waals surface area contributed by atoms with Crippen LogP contribution in [0.4, 0.5) is 5.69 Å². The zero-order chi connectivity index (χ0) is 20.3. The number of anilines is 1. The van der Waals surface area contributed by atoms with Crippen molar-refractivity contribution in [2.24, 2.45) is 5.92 Å². The number of amides is 1. The van der Waals surface area contributed by atoms with Crippen LogP contribution in [-0.4, -0.2) is 16.7 Å². The molecule has 6 heteroatoms. The van der Waals surface area contributed by atoms with Crippen molar-refractivity contribution in [1.82, 2.24) is 4.98 Å². The lowest BCUT2D eigenvalue weighted by Gasteiger charge is -2.14. The summed E-state index contributed by atoms with van der Waals surface area (Å²) in [5.41, 5.74) is 3.79. The SMILES string of the molecule is Cc1cc(C)c(CCC(=O)c2cc(Cl)cc(NC(=O)C(C)C)c2C)c(=O)[nH]1. The molecule has 0 atom stereocenters. The molecule has 0 aliphatic carbocycles. The summed E-state index contributed by atoms with van der Waals surface area (Å²) in [6.45, 7) is 9.06. The lowest BCUT2D eigenvalue weighted by molar-refractivity contribution is -0.118. The smallest absolute Gasteiger partial charge is 0.251 e. The summed E-state index contributed by atoms with van der Waals surface area (Å²) < 4.78 is 0. The lowest BCUT2D eigenvalue weighted by atomic mass is 9.97. The van der Waals surface area contributed by atoms with E-state index in [0.717, 1.165) is 11.3 Å². The summed E-state index contributed by atoms with van der Waals surface area (Å²) in [5, 5.41) is 3.20. The van der Waals surface area contributed by atoms with Crippen LogP contribution < -0.4 is 10.9 Å². The summed E-state index contributed by atoms with van der Waals surface area (Å²) in [6, 6.07) is 5.14. The Morgan fingerprint density at radius 2 is 1.81 bits per heavy atom. The van der Waals surface area contributed by atoms with Gasteiger partial charge in [0.2, 0.25) is 5.91 Å². The van der Waals surface area contributed by atoms with Gasteiger partial charge in [0.1, 0.15) is 0 Å². The van der Waals surface area contributed by atoms with Crippen LogP contribution in [0, 0.1) is 26.7 Å². The quantitative estimate of drug-likeness (QED) is 0.721. The van der Waals surface area contributed by atoms with E-state index in [2.05, 4.69) is 10.3 Å². The minimum Gasteiger partial charge on any atom is -0.326 e. The predicted octanol–water partition coefficient (Wildman–Crippen LogP) is 4.36. The number of Topliss-reactive ketones (excluding diaryl/α,β-unsaturated/α-hetero) is 1. The first-order valence-corrected chi connectivity index (χ1v) is 9.31. The third-order valence-electron chi connectivity index (χ3n) is 4.55. The highest BCUT2D eigenvalue weighted by Crippen LogP contribution is 2.26. The van der Waals surface area contributed by atoms with Crippen LogP contribution in [0.25, 0.3) is 0 Å². The third-order valence-corrected chi connectivity index (χ3v) is 4.77. The standard InChI is InChI=1S/C21H25ClN2O3/c1-11(2)20(26)24-18-10-15(22)9-17(14(18)5)19(25)7-6-16-12(3)8-13(4)23-21(16)27/h8-11H,6-7H2,1-5H3,(H,23,27)(H,24,26). The number of H-pyrrole nitrogens is 1. The van der Waals surface area contributed by atoms with Crippen molar-refractivity contribution in [3.05, 3.63) is 61.5 Å². The number of hydrogen-bond acceptors (Lipinski definition) is 3. The molecule has 1 aromatic carbocycles. The number of rotatable bonds is 6. The third kappa shape index (κ3) is 5.07. The molecule has 0 aliphatic rings. The normalized spacial score (nSPS) is 10.9. The molecule has 0 spiro atoms. The van der Waals surface area contributed by atoms with Gasteiger partial charge in [-0.2, -0.15) is 0 Å². The molecule has 0 aliphatic heterocycles. The maximum absolute atomic E-state index is 12.8. The van der Waals surface area contributed by atoms with Gasteiger partial charge < -0.3 is 10.3 Å². The van der Waals surface area contributed by atoms with E-state index in [1.807, 2.05) is 19.9 Å². The number of halogens is 1. The number of aryl methyl sites for hydroxylation is 2. The van der Waals surface area contributed by atoms with Gasteiger partial charge in [0.05, 0.1) is 0 Å². The van der Waals surface area contributed by atoms with E-state index in [-0.39, 0.29) is 29.6 Å². The molecular weight excluding hydrogens is 364 g/mol. The van der Waals surface area contributed by atoms with Crippen LogP contribution in [0.3, 0.4) is 0 Å². The van der Waals surface area contributed by atoms with Gasteiger partial charge in [-0.05, 0) is 56.5 Å². The van der Waals surface area contributed by atoms with E-state index < -0.39 is 0 Å². The minimum atomic E-state index is -0.182. The fourth-order valence-corrected chi connectivity index (χ4v) is 3.16. The molecule has 144 valence electrons. The van der Waals surface area contributed by atoms with Gasteiger partial charge in [-0.25, -0.2) is 0 Å². The maximum atomic E-state index is 12.8. The molecule has 1 amide bonds. The van der Waals surface area contributed by atoms with Crippen LogP contribution in [0.1, 0.15) is 53.0 Å². The molecule has 0 bridgehead atoms. The van der Waals surface area contributed by atoms with E-state index in [0.29, 0.717) is 33.8 Å². The van der Waals surface area contributed by atoms with Crippen LogP contribution >= 0.6 is 11.6 Å². The molecule has 2 aromatic rings. The highest BCUT2D eigenvalue weighted by atomic mass is 35.5. The zero-order valence-electron chi connectivity index (χ0n) is 16.3. The fourth-order valence-electron chi connectivity index (χ4n) is 2.94. The van der Waals surface area contributed by atoms with Crippen molar-refractivity contribution in [1.29, 1.82) is 0 Å². The number of aromatic amines is 1. The Morgan fingerprint density at radius 1 is 1.15 bits per heavy atom. The molecule has 1 aromatic heterocycles. The Labute approximate surface area is 164 Å². The van der Waals surface area contributed by atoms with Crippen molar-refractivity contribution in [3.8, 4) is 0 Å². The Morgan fingerprint density at radius 3 is 2.41 bits per heavy atom. The number of ketones is 1. The molecule has 2 N–H and O–H groups in total. The molecule has 0 saturated carbocycles. The van der Waals surface area contributed by atoms with Crippen molar-refractivity contribution in [2.45, 2.75) is 47.5 Å². The summed E-state index contributed by atoms with van der Waals surface area (Å²) in [4.78, 5) is 39.7. The first-order valence-electron chi connectivity index (χ1n) is 8.93. The van der Waals surface area contributed by atoms with Crippen molar-refractivity contribution in [3.63, 3.8) is 0 Å². The molecule has 27 heavy (non-hydrogen) atoms. The number of benzene rings is 1. The van der Waals surface area contributed by atoms with E-state index in [1.54, 1.807) is 32.9 Å². The monoisotopic (exact) mass is 388 g/mol. The van der Waals surface area contributed by atoms with Crippen LogP contribution in [-0.2, 0) is 11.2 Å². The summed E-state index contributed by atoms with van der Waals surface area (Å²) in [5.74, 6) is -0.436. The van der Waals surface area contributed by atoms with E-state index in [9.17, 15) is 14.4 Å². The van der Waals surface area contributed by atoms with Gasteiger partial charge in [0.25, 0.3) is 5.56 Å². The molecule has 0 saturated heterocycles. The second-order valence-electron chi connectivity index (χ2n) is 7.14. The highest BCUT2D eigenvalue weighted by molar-refractivity contribution is 6.31. The first-order chi connectivity index (χ1) is 12.6. The predicted molar refractivity (Wildman–Crippen MR) is 109 cm³/mol. The number of aromatic nitrogens is 1. The Hall–Kier alpha value is -2.40. The molecular formula is C21H25ClN2O3. The van der Waals surface area contributed by atoms with Gasteiger partial charge in [-0.3, -0.25) is 14.4 Å². The summed E-state index contributed by atoms with van der Waals surface area (Å²) in [7, 11) is 0. The lowest BCUT2D eigenvalue weighted by Crippen LogP contribution is -2.19. The van der Waals surface area contributed by atoms with Gasteiger partial charge in [0, 0.05) is 39.9 Å². The Bertz CT molecular complexity index is 945. The number of hydrogen-bond donors (Lipinski definition) is 2. The average molecular weight is 389 g/mol. The summed E-state index contributed by atoms with van der Waals surface area (Å²) in [6.07, 6.45) is 0.533.